The number of amides is 1. The zero-order chi connectivity index (χ0) is 16.7. The fourth-order valence-corrected chi connectivity index (χ4v) is 2.76. The van der Waals surface area contributed by atoms with E-state index in [0.29, 0.717) is 23.5 Å². The smallest absolute Gasteiger partial charge is 0.325 e. The van der Waals surface area contributed by atoms with Crippen molar-refractivity contribution in [2.45, 2.75) is 6.92 Å². The van der Waals surface area contributed by atoms with E-state index in [1.165, 1.54) is 9.25 Å². The summed E-state index contributed by atoms with van der Waals surface area (Å²) in [6.45, 7) is 2.40. The van der Waals surface area contributed by atoms with Gasteiger partial charge in [0.2, 0.25) is 0 Å². The SMILES string of the molecule is CCNC(=O)n1cc2[nH]cc3c(=O)n(-c4ccccc4)nc-3c2c1. The van der Waals surface area contributed by atoms with Gasteiger partial charge in [-0.25, -0.2) is 4.79 Å². The first-order valence-electron chi connectivity index (χ1n) is 7.65. The van der Waals surface area contributed by atoms with Gasteiger partial charge in [0.25, 0.3) is 5.56 Å². The number of aromatic amines is 1. The second-order valence-electron chi connectivity index (χ2n) is 5.43. The maximum absolute atomic E-state index is 12.6. The number of rotatable bonds is 2. The minimum Gasteiger partial charge on any atom is -0.359 e. The molecule has 0 saturated heterocycles. The molecule has 2 N–H and O–H groups in total. The van der Waals surface area contributed by atoms with Crippen LogP contribution < -0.4 is 10.9 Å². The lowest BCUT2D eigenvalue weighted by Crippen LogP contribution is -2.26. The van der Waals surface area contributed by atoms with Gasteiger partial charge in [-0.2, -0.15) is 9.78 Å². The molecular formula is C17H15N5O2. The highest BCUT2D eigenvalue weighted by atomic mass is 16.2. The standard InChI is InChI=1S/C17H15N5O2/c1-2-18-17(24)21-9-13-14(10-21)19-8-12-15(13)20-22(16(12)23)11-6-4-3-5-7-11/h3-10,19H,2H2,1H3,(H,18,24). The van der Waals surface area contributed by atoms with E-state index in [-0.39, 0.29) is 11.6 Å². The Morgan fingerprint density at radius 1 is 1.25 bits per heavy atom. The number of para-hydroxylation sites is 1. The first-order valence-corrected chi connectivity index (χ1v) is 7.65. The predicted molar refractivity (Wildman–Crippen MR) is 90.8 cm³/mol. The molecule has 4 rings (SSSR count). The molecule has 2 aliphatic heterocycles. The number of hydrogen-bond acceptors (Lipinski definition) is 3. The maximum atomic E-state index is 12.6. The lowest BCUT2D eigenvalue weighted by atomic mass is 10.1. The van der Waals surface area contributed by atoms with Crippen LogP contribution in [0.15, 0.2) is 53.7 Å². The summed E-state index contributed by atoms with van der Waals surface area (Å²) in [5.74, 6) is 0. The molecule has 1 amide bonds. The minimum atomic E-state index is -0.222. The summed E-state index contributed by atoms with van der Waals surface area (Å²) in [5, 5.41) is 7.93. The highest BCUT2D eigenvalue weighted by molar-refractivity contribution is 5.95. The van der Waals surface area contributed by atoms with Crippen molar-refractivity contribution in [3.05, 3.63) is 59.3 Å². The largest absolute Gasteiger partial charge is 0.359 e. The van der Waals surface area contributed by atoms with Gasteiger partial charge in [0.05, 0.1) is 16.8 Å². The van der Waals surface area contributed by atoms with Gasteiger partial charge >= 0.3 is 6.03 Å². The molecule has 7 heteroatoms. The first-order chi connectivity index (χ1) is 11.7. The molecule has 120 valence electrons. The van der Waals surface area contributed by atoms with Crippen LogP contribution in [-0.4, -0.2) is 31.9 Å². The van der Waals surface area contributed by atoms with E-state index in [4.69, 9.17) is 0 Å². The van der Waals surface area contributed by atoms with Crippen LogP contribution in [0.4, 0.5) is 4.79 Å². The lowest BCUT2D eigenvalue weighted by molar-refractivity contribution is 0.243. The number of carbonyl (C=O) groups excluding carboxylic acids is 1. The van der Waals surface area contributed by atoms with Gasteiger partial charge in [-0.1, -0.05) is 18.2 Å². The second-order valence-corrected chi connectivity index (χ2v) is 5.43. The maximum Gasteiger partial charge on any atom is 0.325 e. The van der Waals surface area contributed by atoms with Gasteiger partial charge in [0, 0.05) is 30.5 Å². The zero-order valence-electron chi connectivity index (χ0n) is 13.0. The van der Waals surface area contributed by atoms with Gasteiger partial charge in [0.15, 0.2) is 0 Å². The van der Waals surface area contributed by atoms with Crippen molar-refractivity contribution in [3.63, 3.8) is 0 Å². The molecular weight excluding hydrogens is 306 g/mol. The van der Waals surface area contributed by atoms with Crippen molar-refractivity contribution in [1.29, 1.82) is 0 Å². The van der Waals surface area contributed by atoms with Crippen LogP contribution in [0.5, 0.6) is 0 Å². The molecule has 0 spiro atoms. The van der Waals surface area contributed by atoms with Gasteiger partial charge in [-0.05, 0) is 19.1 Å². The fourth-order valence-electron chi connectivity index (χ4n) is 2.76. The summed E-state index contributed by atoms with van der Waals surface area (Å²) in [4.78, 5) is 27.7. The van der Waals surface area contributed by atoms with Crippen LogP contribution in [0.25, 0.3) is 27.8 Å². The van der Waals surface area contributed by atoms with E-state index in [1.807, 2.05) is 37.3 Å². The molecule has 0 atom stereocenters. The normalized spacial score (nSPS) is 11.2. The number of pyridine rings is 1. The van der Waals surface area contributed by atoms with Gasteiger partial charge < -0.3 is 10.3 Å². The van der Waals surface area contributed by atoms with Crippen LogP contribution >= 0.6 is 0 Å². The Labute approximate surface area is 136 Å². The molecule has 7 nitrogen and oxygen atoms in total. The zero-order valence-corrected chi connectivity index (χ0v) is 13.0. The van der Waals surface area contributed by atoms with E-state index >= 15 is 0 Å². The molecule has 0 bridgehead atoms. The molecule has 24 heavy (non-hydrogen) atoms. The number of benzene rings is 1. The molecule has 3 heterocycles. The number of aromatic nitrogens is 4. The summed E-state index contributed by atoms with van der Waals surface area (Å²) >= 11 is 0. The summed E-state index contributed by atoms with van der Waals surface area (Å²) in [6, 6.07) is 9.03. The summed E-state index contributed by atoms with van der Waals surface area (Å²) in [6.07, 6.45) is 5.00. The van der Waals surface area contributed by atoms with Gasteiger partial charge in [-0.15, -0.1) is 0 Å². The van der Waals surface area contributed by atoms with Crippen LogP contribution in [0.3, 0.4) is 0 Å². The van der Waals surface area contributed by atoms with E-state index in [2.05, 4.69) is 15.4 Å². The summed E-state index contributed by atoms with van der Waals surface area (Å²) in [5.41, 5.74) is 2.31. The summed E-state index contributed by atoms with van der Waals surface area (Å²) < 4.78 is 2.83. The Balaban J connectivity index is 1.93. The molecule has 0 saturated carbocycles. The Morgan fingerprint density at radius 2 is 2.04 bits per heavy atom. The Kier molecular flexibility index (Phi) is 3.19. The molecule has 2 aliphatic rings. The molecule has 0 unspecified atom stereocenters. The highest BCUT2D eigenvalue weighted by Gasteiger charge is 2.20. The van der Waals surface area contributed by atoms with Crippen molar-refractivity contribution in [2.75, 3.05) is 6.54 Å². The Bertz CT molecular complexity index is 1060. The number of nitrogens with one attached hydrogen (secondary N) is 2. The second kappa shape index (κ2) is 5.38. The average Bonchev–Trinajstić information content (AvgIpc) is 3.17. The molecule has 0 aliphatic carbocycles. The number of fused-ring (bicyclic) bond motifs is 3. The molecule has 1 aromatic heterocycles. The molecule has 0 radical (unpaired) electrons. The van der Waals surface area contributed by atoms with Crippen molar-refractivity contribution < 1.29 is 4.79 Å². The van der Waals surface area contributed by atoms with E-state index < -0.39 is 0 Å². The van der Waals surface area contributed by atoms with E-state index in [1.54, 1.807) is 18.6 Å². The van der Waals surface area contributed by atoms with Crippen LogP contribution in [0, 0.1) is 0 Å². The number of hydrogen-bond donors (Lipinski definition) is 2. The third-order valence-corrected chi connectivity index (χ3v) is 3.89. The fraction of sp³-hybridized carbons (Fsp3) is 0.118. The topological polar surface area (TPSA) is 84.7 Å². The van der Waals surface area contributed by atoms with Crippen molar-refractivity contribution >= 4 is 16.9 Å². The minimum absolute atomic E-state index is 0.194. The third kappa shape index (κ3) is 2.10. The molecule has 1 aromatic carbocycles. The average molecular weight is 321 g/mol. The Morgan fingerprint density at radius 3 is 2.79 bits per heavy atom. The Hall–Kier alpha value is -3.35. The lowest BCUT2D eigenvalue weighted by Gasteiger charge is -2.00. The van der Waals surface area contributed by atoms with Gasteiger partial charge in [-0.3, -0.25) is 9.36 Å². The molecule has 2 aromatic rings. The van der Waals surface area contributed by atoms with E-state index in [0.717, 1.165) is 10.9 Å². The molecule has 0 fully saturated rings. The monoisotopic (exact) mass is 321 g/mol. The van der Waals surface area contributed by atoms with Crippen LogP contribution in [0.1, 0.15) is 6.92 Å². The number of H-pyrrole nitrogens is 1. The van der Waals surface area contributed by atoms with Crippen LogP contribution in [0.2, 0.25) is 0 Å². The van der Waals surface area contributed by atoms with Crippen molar-refractivity contribution in [2.24, 2.45) is 0 Å². The summed E-state index contributed by atoms with van der Waals surface area (Å²) in [7, 11) is 0. The van der Waals surface area contributed by atoms with Crippen molar-refractivity contribution in [3.8, 4) is 16.9 Å². The van der Waals surface area contributed by atoms with Crippen molar-refractivity contribution in [1.82, 2.24) is 24.6 Å². The first kappa shape index (κ1) is 14.3. The predicted octanol–water partition coefficient (Wildman–Crippen LogP) is 2.20. The third-order valence-electron chi connectivity index (χ3n) is 3.89. The quantitative estimate of drug-likeness (QED) is 0.593. The highest BCUT2D eigenvalue weighted by Crippen LogP contribution is 2.26. The van der Waals surface area contributed by atoms with Gasteiger partial charge in [0.1, 0.15) is 5.69 Å². The number of nitrogens with zero attached hydrogens (tertiary/aromatic N) is 3. The number of carbonyl (C=O) groups is 1. The van der Waals surface area contributed by atoms with E-state index in [9.17, 15) is 9.59 Å². The van der Waals surface area contributed by atoms with Crippen LogP contribution in [-0.2, 0) is 0 Å².